The molecule has 3 unspecified atom stereocenters. The predicted octanol–water partition coefficient (Wildman–Crippen LogP) is -0.811. The largest absolute Gasteiger partial charge is 0.481 e. The summed E-state index contributed by atoms with van der Waals surface area (Å²) in [5.41, 5.74) is 6.84. The van der Waals surface area contributed by atoms with Crippen LogP contribution >= 0.6 is 0 Å². The summed E-state index contributed by atoms with van der Waals surface area (Å²) >= 11 is 0. The van der Waals surface area contributed by atoms with Crippen LogP contribution in [-0.2, 0) is 30.4 Å². The highest BCUT2D eigenvalue weighted by molar-refractivity contribution is 5.95. The summed E-state index contributed by atoms with van der Waals surface area (Å²) in [6, 6.07) is 3.51. The van der Waals surface area contributed by atoms with Crippen LogP contribution in [-0.4, -0.2) is 81.0 Å². The number of aliphatic carboxylic acids is 2. The smallest absolute Gasteiger partial charge is 0.326 e. The summed E-state index contributed by atoms with van der Waals surface area (Å²) in [6.45, 7) is 0.0482. The second-order valence-electron chi connectivity index (χ2n) is 8.07. The molecule has 1 aromatic heterocycles. The van der Waals surface area contributed by atoms with E-state index in [9.17, 15) is 34.2 Å². The number of carbonyl (C=O) groups is 5. The van der Waals surface area contributed by atoms with E-state index >= 15 is 0 Å². The standard InChI is InChI=1S/C22H27N5O7/c23-10-18(28)27-7-3-6-17(27)21(32)25-15(9-19(29)30)20(31)26-16(22(33)34)8-12-11-24-14-5-2-1-4-13(12)14/h1-2,4-5,11,15-17,24H,3,6-10,23H2,(H,25,32)(H,26,31)(H,29,30)(H,33,34). The lowest BCUT2D eigenvalue weighted by atomic mass is 10.0. The molecule has 1 aromatic carbocycles. The molecule has 0 bridgehead atoms. The maximum absolute atomic E-state index is 12.8. The van der Waals surface area contributed by atoms with Crippen molar-refractivity contribution in [3.05, 3.63) is 36.0 Å². The molecule has 34 heavy (non-hydrogen) atoms. The fourth-order valence-corrected chi connectivity index (χ4v) is 4.10. The molecule has 1 aliphatic heterocycles. The lowest BCUT2D eigenvalue weighted by molar-refractivity contribution is -0.144. The van der Waals surface area contributed by atoms with Crippen molar-refractivity contribution in [3.63, 3.8) is 0 Å². The monoisotopic (exact) mass is 473 g/mol. The summed E-state index contributed by atoms with van der Waals surface area (Å²) < 4.78 is 0. The SMILES string of the molecule is NCC(=O)N1CCCC1C(=O)NC(CC(=O)O)C(=O)NC(Cc1c[nH]c2ccccc12)C(=O)O. The van der Waals surface area contributed by atoms with Gasteiger partial charge in [-0.3, -0.25) is 19.2 Å². The lowest BCUT2D eigenvalue weighted by Gasteiger charge is -2.26. The number of aromatic nitrogens is 1. The number of nitrogens with zero attached hydrogens (tertiary/aromatic N) is 1. The molecular weight excluding hydrogens is 446 g/mol. The minimum absolute atomic E-state index is 0.0553. The van der Waals surface area contributed by atoms with Crippen molar-refractivity contribution in [3.8, 4) is 0 Å². The molecule has 0 radical (unpaired) electrons. The van der Waals surface area contributed by atoms with Gasteiger partial charge in [-0.15, -0.1) is 0 Å². The number of hydrogen-bond acceptors (Lipinski definition) is 6. The van der Waals surface area contributed by atoms with E-state index in [1.54, 1.807) is 12.3 Å². The molecule has 1 fully saturated rings. The maximum atomic E-state index is 12.8. The molecule has 182 valence electrons. The fraction of sp³-hybridized carbons (Fsp3) is 0.409. The molecule has 3 amide bonds. The molecule has 0 saturated carbocycles. The van der Waals surface area contributed by atoms with Crippen molar-refractivity contribution < 1.29 is 34.2 Å². The number of amides is 3. The minimum Gasteiger partial charge on any atom is -0.481 e. The van der Waals surface area contributed by atoms with Crippen molar-refractivity contribution in [2.45, 2.75) is 43.8 Å². The highest BCUT2D eigenvalue weighted by atomic mass is 16.4. The van der Waals surface area contributed by atoms with Crippen LogP contribution in [0.4, 0.5) is 0 Å². The number of likely N-dealkylation sites (tertiary alicyclic amines) is 1. The van der Waals surface area contributed by atoms with Gasteiger partial charge in [0.25, 0.3) is 0 Å². The molecule has 3 rings (SSSR count). The van der Waals surface area contributed by atoms with Gasteiger partial charge in [-0.1, -0.05) is 18.2 Å². The van der Waals surface area contributed by atoms with E-state index in [1.165, 1.54) is 4.90 Å². The number of fused-ring (bicyclic) bond motifs is 1. The number of nitrogens with two attached hydrogens (primary N) is 1. The second-order valence-corrected chi connectivity index (χ2v) is 8.07. The Hall–Kier alpha value is -3.93. The summed E-state index contributed by atoms with van der Waals surface area (Å²) in [5, 5.41) is 24.4. The summed E-state index contributed by atoms with van der Waals surface area (Å²) in [7, 11) is 0. The van der Waals surface area contributed by atoms with E-state index in [1.807, 2.05) is 18.2 Å². The number of rotatable bonds is 10. The lowest BCUT2D eigenvalue weighted by Crippen LogP contribution is -2.56. The molecule has 3 atom stereocenters. The molecule has 2 aromatic rings. The van der Waals surface area contributed by atoms with Crippen LogP contribution in [0.25, 0.3) is 10.9 Å². The van der Waals surface area contributed by atoms with Gasteiger partial charge in [0, 0.05) is 30.1 Å². The van der Waals surface area contributed by atoms with Gasteiger partial charge in [-0.25, -0.2) is 4.79 Å². The number of H-pyrrole nitrogens is 1. The Labute approximate surface area is 194 Å². The highest BCUT2D eigenvalue weighted by Crippen LogP contribution is 2.20. The van der Waals surface area contributed by atoms with Crippen molar-refractivity contribution in [1.82, 2.24) is 20.5 Å². The van der Waals surface area contributed by atoms with Crippen molar-refractivity contribution in [2.24, 2.45) is 5.73 Å². The molecule has 2 heterocycles. The first kappa shape index (κ1) is 24.7. The number of carboxylic acid groups (broad SMARTS) is 2. The Balaban J connectivity index is 1.72. The molecule has 12 heteroatoms. The number of carboxylic acids is 2. The summed E-state index contributed by atoms with van der Waals surface area (Å²) in [5.74, 6) is -4.73. The normalized spacial score (nSPS) is 17.2. The van der Waals surface area contributed by atoms with Gasteiger partial charge in [0.15, 0.2) is 0 Å². The molecular formula is C22H27N5O7. The Morgan fingerprint density at radius 2 is 1.85 bits per heavy atom. The topological polar surface area (TPSA) is 195 Å². The molecule has 1 saturated heterocycles. The van der Waals surface area contributed by atoms with Crippen LogP contribution in [0.15, 0.2) is 30.5 Å². The third kappa shape index (κ3) is 5.70. The number of aromatic amines is 1. The van der Waals surface area contributed by atoms with E-state index in [4.69, 9.17) is 5.73 Å². The van der Waals surface area contributed by atoms with Gasteiger partial charge in [0.1, 0.15) is 18.1 Å². The quantitative estimate of drug-likeness (QED) is 0.258. The van der Waals surface area contributed by atoms with E-state index in [0.717, 1.165) is 10.9 Å². The average molecular weight is 473 g/mol. The van der Waals surface area contributed by atoms with Gasteiger partial charge < -0.3 is 36.5 Å². The van der Waals surface area contributed by atoms with Crippen LogP contribution in [0.2, 0.25) is 0 Å². The minimum atomic E-state index is -1.52. The third-order valence-electron chi connectivity index (χ3n) is 5.78. The van der Waals surface area contributed by atoms with Gasteiger partial charge in [-0.2, -0.15) is 0 Å². The van der Waals surface area contributed by atoms with Crippen LogP contribution < -0.4 is 16.4 Å². The Morgan fingerprint density at radius 3 is 2.53 bits per heavy atom. The van der Waals surface area contributed by atoms with E-state index in [2.05, 4.69) is 15.6 Å². The van der Waals surface area contributed by atoms with Gasteiger partial charge in [0.2, 0.25) is 17.7 Å². The Bertz CT molecular complexity index is 1100. The average Bonchev–Trinajstić information content (AvgIpc) is 3.45. The third-order valence-corrected chi connectivity index (χ3v) is 5.78. The van der Waals surface area contributed by atoms with Gasteiger partial charge >= 0.3 is 11.9 Å². The van der Waals surface area contributed by atoms with E-state index in [-0.39, 0.29) is 13.0 Å². The zero-order valence-electron chi connectivity index (χ0n) is 18.3. The van der Waals surface area contributed by atoms with Crippen LogP contribution in [0, 0.1) is 0 Å². The maximum Gasteiger partial charge on any atom is 0.326 e. The number of para-hydroxylation sites is 1. The van der Waals surface area contributed by atoms with Crippen molar-refractivity contribution >= 4 is 40.6 Å². The summed E-state index contributed by atoms with van der Waals surface area (Å²) in [4.78, 5) is 65.1. The Morgan fingerprint density at radius 1 is 1.12 bits per heavy atom. The number of benzene rings is 1. The first-order chi connectivity index (χ1) is 16.2. The zero-order valence-corrected chi connectivity index (χ0v) is 18.3. The number of carbonyl (C=O) groups excluding carboxylic acids is 3. The van der Waals surface area contributed by atoms with Crippen molar-refractivity contribution in [1.29, 1.82) is 0 Å². The van der Waals surface area contributed by atoms with E-state index in [0.29, 0.717) is 24.9 Å². The number of hydrogen-bond donors (Lipinski definition) is 6. The van der Waals surface area contributed by atoms with Gasteiger partial charge in [-0.05, 0) is 24.5 Å². The van der Waals surface area contributed by atoms with Crippen LogP contribution in [0.1, 0.15) is 24.8 Å². The summed E-state index contributed by atoms with van der Waals surface area (Å²) in [6.07, 6.45) is 1.74. The molecule has 1 aliphatic rings. The number of nitrogens with one attached hydrogen (secondary N) is 3. The second kappa shape index (κ2) is 10.8. The van der Waals surface area contributed by atoms with Crippen LogP contribution in [0.5, 0.6) is 0 Å². The zero-order chi connectivity index (χ0) is 24.8. The van der Waals surface area contributed by atoms with E-state index < -0.39 is 54.2 Å². The predicted molar refractivity (Wildman–Crippen MR) is 120 cm³/mol. The molecule has 0 aliphatic carbocycles. The first-order valence-corrected chi connectivity index (χ1v) is 10.8. The highest BCUT2D eigenvalue weighted by Gasteiger charge is 2.36. The van der Waals surface area contributed by atoms with Crippen LogP contribution in [0.3, 0.4) is 0 Å². The first-order valence-electron chi connectivity index (χ1n) is 10.8. The fourth-order valence-electron chi connectivity index (χ4n) is 4.10. The molecule has 0 spiro atoms. The Kier molecular flexibility index (Phi) is 7.84. The molecule has 7 N–H and O–H groups in total. The van der Waals surface area contributed by atoms with Gasteiger partial charge in [0.05, 0.1) is 13.0 Å². The molecule has 12 nitrogen and oxygen atoms in total. The van der Waals surface area contributed by atoms with Crippen molar-refractivity contribution in [2.75, 3.05) is 13.1 Å².